The first-order valence-corrected chi connectivity index (χ1v) is 6.37. The number of hydrogen-bond acceptors (Lipinski definition) is 5. The fourth-order valence-corrected chi connectivity index (χ4v) is 1.54. The number of unbranched alkanes of at least 4 members (excludes halogenated alkanes) is 1. The molecule has 0 atom stereocenters. The van der Waals surface area contributed by atoms with E-state index in [1.807, 2.05) is 0 Å². The lowest BCUT2D eigenvalue weighted by Gasteiger charge is -2.10. The fourth-order valence-electron chi connectivity index (χ4n) is 1.54. The molecule has 0 aliphatic carbocycles. The molecule has 0 aromatic heterocycles. The first-order chi connectivity index (χ1) is 9.19. The van der Waals surface area contributed by atoms with Gasteiger partial charge in [0.2, 0.25) is 0 Å². The smallest absolute Gasteiger partial charge is 0.270 e. The van der Waals surface area contributed by atoms with Crippen molar-refractivity contribution >= 4 is 5.69 Å². The Morgan fingerprint density at radius 1 is 1.32 bits per heavy atom. The summed E-state index contributed by atoms with van der Waals surface area (Å²) in [4.78, 5) is 10.2. The van der Waals surface area contributed by atoms with Crippen LogP contribution in [0.1, 0.15) is 25.3 Å². The van der Waals surface area contributed by atoms with E-state index in [2.05, 4.69) is 6.92 Å². The second kappa shape index (κ2) is 8.44. The summed E-state index contributed by atoms with van der Waals surface area (Å²) < 4.78 is 10.9. The number of hydrogen-bond donors (Lipinski definition) is 1. The van der Waals surface area contributed by atoms with E-state index in [0.29, 0.717) is 24.5 Å². The average Bonchev–Trinajstić information content (AvgIpc) is 2.42. The lowest BCUT2D eigenvalue weighted by molar-refractivity contribution is -0.384. The Kier molecular flexibility index (Phi) is 6.84. The van der Waals surface area contributed by atoms with E-state index in [1.165, 1.54) is 12.1 Å². The Bertz CT molecular complexity index is 410. The SMILES string of the molecule is CCCCOCCOc1ccc([N+](=O)[O-])cc1CN. The van der Waals surface area contributed by atoms with Crippen LogP contribution >= 0.6 is 0 Å². The Hall–Kier alpha value is -1.66. The van der Waals surface area contributed by atoms with Crippen molar-refractivity contribution < 1.29 is 14.4 Å². The van der Waals surface area contributed by atoms with Gasteiger partial charge in [0, 0.05) is 30.8 Å². The third-order valence-corrected chi connectivity index (χ3v) is 2.60. The van der Waals surface area contributed by atoms with Gasteiger partial charge in [-0.2, -0.15) is 0 Å². The highest BCUT2D eigenvalue weighted by atomic mass is 16.6. The van der Waals surface area contributed by atoms with Gasteiger partial charge in [0.05, 0.1) is 11.5 Å². The summed E-state index contributed by atoms with van der Waals surface area (Å²) in [6.45, 7) is 3.94. The first-order valence-electron chi connectivity index (χ1n) is 6.37. The van der Waals surface area contributed by atoms with Crippen LogP contribution in [0.15, 0.2) is 18.2 Å². The Balaban J connectivity index is 2.47. The van der Waals surface area contributed by atoms with E-state index >= 15 is 0 Å². The number of nitrogens with zero attached hydrogens (tertiary/aromatic N) is 1. The molecule has 106 valence electrons. The van der Waals surface area contributed by atoms with Gasteiger partial charge in [-0.1, -0.05) is 13.3 Å². The van der Waals surface area contributed by atoms with Gasteiger partial charge in [0.1, 0.15) is 12.4 Å². The van der Waals surface area contributed by atoms with Gasteiger partial charge in [-0.3, -0.25) is 10.1 Å². The van der Waals surface area contributed by atoms with E-state index in [1.54, 1.807) is 6.07 Å². The van der Waals surface area contributed by atoms with E-state index in [9.17, 15) is 10.1 Å². The van der Waals surface area contributed by atoms with Gasteiger partial charge in [0.25, 0.3) is 5.69 Å². The van der Waals surface area contributed by atoms with Crippen molar-refractivity contribution in [2.45, 2.75) is 26.3 Å². The highest BCUT2D eigenvalue weighted by molar-refractivity contribution is 5.43. The number of ether oxygens (including phenoxy) is 2. The Morgan fingerprint density at radius 2 is 2.11 bits per heavy atom. The lowest BCUT2D eigenvalue weighted by Crippen LogP contribution is -2.10. The Labute approximate surface area is 112 Å². The second-order valence-corrected chi connectivity index (χ2v) is 4.07. The zero-order valence-electron chi connectivity index (χ0n) is 11.1. The number of nitrogens with two attached hydrogens (primary N) is 1. The molecular weight excluding hydrogens is 248 g/mol. The van der Waals surface area contributed by atoms with Crippen molar-refractivity contribution in [1.82, 2.24) is 0 Å². The molecule has 19 heavy (non-hydrogen) atoms. The van der Waals surface area contributed by atoms with Gasteiger partial charge in [-0.15, -0.1) is 0 Å². The molecule has 0 aliphatic rings. The van der Waals surface area contributed by atoms with Crippen LogP contribution in [-0.4, -0.2) is 24.7 Å². The van der Waals surface area contributed by atoms with Gasteiger partial charge >= 0.3 is 0 Å². The maximum absolute atomic E-state index is 10.6. The molecule has 1 aromatic rings. The number of nitro groups is 1. The van der Waals surface area contributed by atoms with Crippen molar-refractivity contribution in [3.8, 4) is 5.75 Å². The molecule has 0 radical (unpaired) electrons. The number of nitro benzene ring substituents is 1. The molecule has 6 nitrogen and oxygen atoms in total. The standard InChI is InChI=1S/C13H20N2O4/c1-2-3-6-18-7-8-19-13-5-4-12(15(16)17)9-11(13)10-14/h4-5,9H,2-3,6-8,10,14H2,1H3. The summed E-state index contributed by atoms with van der Waals surface area (Å²) in [5.41, 5.74) is 6.20. The zero-order valence-corrected chi connectivity index (χ0v) is 11.1. The van der Waals surface area contributed by atoms with Crippen molar-refractivity contribution in [2.24, 2.45) is 5.73 Å². The van der Waals surface area contributed by atoms with Gasteiger partial charge in [-0.25, -0.2) is 0 Å². The van der Waals surface area contributed by atoms with Crippen molar-refractivity contribution in [3.63, 3.8) is 0 Å². The van der Waals surface area contributed by atoms with Crippen LogP contribution in [0.5, 0.6) is 5.75 Å². The quantitative estimate of drug-likeness (QED) is 0.421. The topological polar surface area (TPSA) is 87.6 Å². The molecule has 6 heteroatoms. The second-order valence-electron chi connectivity index (χ2n) is 4.07. The lowest BCUT2D eigenvalue weighted by atomic mass is 10.2. The molecule has 1 rings (SSSR count). The van der Waals surface area contributed by atoms with E-state index < -0.39 is 4.92 Å². The summed E-state index contributed by atoms with van der Waals surface area (Å²) in [6, 6.07) is 4.42. The molecule has 0 saturated carbocycles. The minimum Gasteiger partial charge on any atom is -0.491 e. The summed E-state index contributed by atoms with van der Waals surface area (Å²) >= 11 is 0. The third kappa shape index (κ3) is 5.23. The maximum atomic E-state index is 10.6. The zero-order chi connectivity index (χ0) is 14.1. The molecule has 0 fully saturated rings. The van der Waals surface area contributed by atoms with Crippen LogP contribution in [0.4, 0.5) is 5.69 Å². The first kappa shape index (κ1) is 15.4. The molecule has 0 saturated heterocycles. The van der Waals surface area contributed by atoms with E-state index in [0.717, 1.165) is 19.4 Å². The van der Waals surface area contributed by atoms with Gasteiger partial charge in [-0.05, 0) is 12.5 Å². The molecule has 1 aromatic carbocycles. The van der Waals surface area contributed by atoms with Gasteiger partial charge < -0.3 is 15.2 Å². The molecule has 0 heterocycles. The Morgan fingerprint density at radius 3 is 2.74 bits per heavy atom. The maximum Gasteiger partial charge on any atom is 0.270 e. The predicted octanol–water partition coefficient (Wildman–Crippen LogP) is 2.25. The largest absolute Gasteiger partial charge is 0.491 e. The summed E-state index contributed by atoms with van der Waals surface area (Å²) in [5.74, 6) is 0.576. The summed E-state index contributed by atoms with van der Waals surface area (Å²) in [7, 11) is 0. The highest BCUT2D eigenvalue weighted by Gasteiger charge is 2.10. The third-order valence-electron chi connectivity index (χ3n) is 2.60. The molecule has 0 unspecified atom stereocenters. The van der Waals surface area contributed by atoms with Crippen molar-refractivity contribution in [1.29, 1.82) is 0 Å². The molecule has 0 spiro atoms. The van der Waals surface area contributed by atoms with E-state index in [4.69, 9.17) is 15.2 Å². The fraction of sp³-hybridized carbons (Fsp3) is 0.538. The van der Waals surface area contributed by atoms with Crippen LogP contribution in [-0.2, 0) is 11.3 Å². The van der Waals surface area contributed by atoms with Crippen LogP contribution in [0.3, 0.4) is 0 Å². The van der Waals surface area contributed by atoms with Crippen LogP contribution in [0.2, 0.25) is 0 Å². The van der Waals surface area contributed by atoms with Crippen molar-refractivity contribution in [2.75, 3.05) is 19.8 Å². The predicted molar refractivity (Wildman–Crippen MR) is 72.2 cm³/mol. The van der Waals surface area contributed by atoms with Crippen molar-refractivity contribution in [3.05, 3.63) is 33.9 Å². The molecule has 0 aliphatic heterocycles. The normalized spacial score (nSPS) is 10.4. The molecule has 0 amide bonds. The number of benzene rings is 1. The molecule has 2 N–H and O–H groups in total. The highest BCUT2D eigenvalue weighted by Crippen LogP contribution is 2.23. The summed E-state index contributed by atoms with van der Waals surface area (Å²) in [5, 5.41) is 10.6. The number of rotatable bonds is 9. The average molecular weight is 268 g/mol. The van der Waals surface area contributed by atoms with Gasteiger partial charge in [0.15, 0.2) is 0 Å². The number of non-ortho nitro benzene ring substituents is 1. The van der Waals surface area contributed by atoms with Crippen LogP contribution in [0, 0.1) is 10.1 Å². The van der Waals surface area contributed by atoms with Crippen LogP contribution in [0.25, 0.3) is 0 Å². The molecular formula is C13H20N2O4. The minimum absolute atomic E-state index is 0.0204. The monoisotopic (exact) mass is 268 g/mol. The summed E-state index contributed by atoms with van der Waals surface area (Å²) in [6.07, 6.45) is 2.13. The molecule has 0 bridgehead atoms. The minimum atomic E-state index is -0.448. The van der Waals surface area contributed by atoms with Crippen LogP contribution < -0.4 is 10.5 Å². The van der Waals surface area contributed by atoms with E-state index in [-0.39, 0.29) is 12.2 Å².